The summed E-state index contributed by atoms with van der Waals surface area (Å²) in [6.45, 7) is 7.22. The highest BCUT2D eigenvalue weighted by Gasteiger charge is 2.35. The number of fused-ring (bicyclic) bond motifs is 1. The predicted octanol–water partition coefficient (Wildman–Crippen LogP) is 6.02. The second kappa shape index (κ2) is 8.46. The van der Waals surface area contributed by atoms with Gasteiger partial charge in [-0.2, -0.15) is 0 Å². The van der Waals surface area contributed by atoms with Gasteiger partial charge in [0.25, 0.3) is 0 Å². The van der Waals surface area contributed by atoms with E-state index in [1.165, 1.54) is 18.2 Å². The van der Waals surface area contributed by atoms with Crippen LogP contribution >= 0.6 is 11.6 Å². The third-order valence-corrected chi connectivity index (χ3v) is 5.63. The molecule has 1 aliphatic rings. The molecule has 1 unspecified atom stereocenters. The summed E-state index contributed by atoms with van der Waals surface area (Å²) in [6, 6.07) is 7.31. The van der Waals surface area contributed by atoms with Crippen LogP contribution in [0.25, 0.3) is 0 Å². The molecule has 0 fully saturated rings. The van der Waals surface area contributed by atoms with Gasteiger partial charge in [0, 0.05) is 11.5 Å². The number of halogens is 2. The number of ether oxygens (including phenoxy) is 2. The lowest BCUT2D eigenvalue weighted by atomic mass is 9.71. The zero-order chi connectivity index (χ0) is 23.0. The molecule has 2 aromatic carbocycles. The van der Waals surface area contributed by atoms with Crippen LogP contribution in [0.2, 0.25) is 5.02 Å². The van der Waals surface area contributed by atoms with Crippen molar-refractivity contribution >= 4 is 23.3 Å². The molecular weight excluding hydrogens is 425 g/mol. The standard InChI is InChI=1S/C23H25ClFNO5/c1-22(2,3)31-21(27)14-7-10-19(18(12-14)26(28)29)30-13-23(4)11-5-6-15-16(23)8-9-17(24)20(15)25/h7-10,12H,5-6,11,13H2,1-4H3. The minimum Gasteiger partial charge on any atom is -0.486 e. The highest BCUT2D eigenvalue weighted by molar-refractivity contribution is 6.30. The first-order valence-electron chi connectivity index (χ1n) is 10.0. The van der Waals surface area contributed by atoms with Crippen molar-refractivity contribution in [2.24, 2.45) is 0 Å². The number of rotatable bonds is 5. The van der Waals surface area contributed by atoms with E-state index >= 15 is 0 Å². The summed E-state index contributed by atoms with van der Waals surface area (Å²) in [4.78, 5) is 23.3. The van der Waals surface area contributed by atoms with Crippen LogP contribution in [0.3, 0.4) is 0 Å². The molecule has 3 rings (SSSR count). The number of nitrogens with zero attached hydrogens (tertiary/aromatic N) is 1. The van der Waals surface area contributed by atoms with E-state index in [4.69, 9.17) is 21.1 Å². The molecule has 0 saturated heterocycles. The van der Waals surface area contributed by atoms with Gasteiger partial charge < -0.3 is 9.47 Å². The first kappa shape index (κ1) is 23.0. The third kappa shape index (κ3) is 4.98. The maximum absolute atomic E-state index is 14.5. The number of esters is 1. The molecular formula is C23H25ClFNO5. The van der Waals surface area contributed by atoms with Crippen molar-refractivity contribution in [3.05, 3.63) is 68.0 Å². The Labute approximate surface area is 185 Å². The lowest BCUT2D eigenvalue weighted by Gasteiger charge is -2.36. The van der Waals surface area contributed by atoms with Gasteiger partial charge in [0.15, 0.2) is 5.75 Å². The van der Waals surface area contributed by atoms with E-state index < -0.39 is 27.7 Å². The van der Waals surface area contributed by atoms with Crippen molar-refractivity contribution in [1.29, 1.82) is 0 Å². The maximum Gasteiger partial charge on any atom is 0.338 e. The van der Waals surface area contributed by atoms with Gasteiger partial charge >= 0.3 is 11.7 Å². The fourth-order valence-corrected chi connectivity index (χ4v) is 4.00. The summed E-state index contributed by atoms with van der Waals surface area (Å²) in [7, 11) is 0. The SMILES string of the molecule is CC(C)(C)OC(=O)c1ccc(OCC2(C)CCCc3c2ccc(Cl)c3F)c([N+](=O)[O-])c1. The smallest absolute Gasteiger partial charge is 0.338 e. The highest BCUT2D eigenvalue weighted by atomic mass is 35.5. The van der Waals surface area contributed by atoms with Crippen molar-refractivity contribution < 1.29 is 23.6 Å². The average molecular weight is 450 g/mol. The van der Waals surface area contributed by atoms with Gasteiger partial charge in [-0.25, -0.2) is 9.18 Å². The van der Waals surface area contributed by atoms with Crippen molar-refractivity contribution in [2.45, 2.75) is 58.0 Å². The topological polar surface area (TPSA) is 78.7 Å². The number of carbonyl (C=O) groups excluding carboxylic acids is 1. The largest absolute Gasteiger partial charge is 0.486 e. The molecule has 8 heteroatoms. The van der Waals surface area contributed by atoms with Gasteiger partial charge in [0.2, 0.25) is 0 Å². The molecule has 0 radical (unpaired) electrons. The summed E-state index contributed by atoms with van der Waals surface area (Å²) in [5.41, 5.74) is -0.141. The van der Waals surface area contributed by atoms with Crippen LogP contribution in [0.4, 0.5) is 10.1 Å². The summed E-state index contributed by atoms with van der Waals surface area (Å²) in [5.74, 6) is -1.03. The van der Waals surface area contributed by atoms with E-state index in [2.05, 4.69) is 0 Å². The molecule has 0 amide bonds. The molecule has 0 aliphatic heterocycles. The van der Waals surface area contributed by atoms with E-state index in [0.29, 0.717) is 12.0 Å². The molecule has 1 aliphatic carbocycles. The van der Waals surface area contributed by atoms with E-state index in [-0.39, 0.29) is 28.6 Å². The highest BCUT2D eigenvalue weighted by Crippen LogP contribution is 2.41. The number of benzene rings is 2. The Hall–Kier alpha value is -2.67. The Bertz CT molecular complexity index is 1030. The van der Waals surface area contributed by atoms with Crippen LogP contribution < -0.4 is 4.74 Å². The quantitative estimate of drug-likeness (QED) is 0.317. The zero-order valence-corrected chi connectivity index (χ0v) is 18.7. The summed E-state index contributed by atoms with van der Waals surface area (Å²) >= 11 is 5.93. The lowest BCUT2D eigenvalue weighted by molar-refractivity contribution is -0.386. The molecule has 166 valence electrons. The Morgan fingerprint density at radius 2 is 2.00 bits per heavy atom. The summed E-state index contributed by atoms with van der Waals surface area (Å²) in [5, 5.41) is 11.7. The Kier molecular flexibility index (Phi) is 6.28. The first-order valence-corrected chi connectivity index (χ1v) is 10.4. The molecule has 6 nitrogen and oxygen atoms in total. The molecule has 0 aromatic heterocycles. The molecule has 0 N–H and O–H groups in total. The Balaban J connectivity index is 1.86. The predicted molar refractivity (Wildman–Crippen MR) is 115 cm³/mol. The second-order valence-electron chi connectivity index (χ2n) is 9.03. The fourth-order valence-electron chi connectivity index (χ4n) is 3.83. The van der Waals surface area contributed by atoms with E-state index in [9.17, 15) is 19.3 Å². The first-order chi connectivity index (χ1) is 14.4. The summed E-state index contributed by atoms with van der Waals surface area (Å²) in [6.07, 6.45) is 2.08. The van der Waals surface area contributed by atoms with Crippen molar-refractivity contribution in [2.75, 3.05) is 6.61 Å². The van der Waals surface area contributed by atoms with Gasteiger partial charge in [-0.1, -0.05) is 24.6 Å². The molecule has 2 aromatic rings. The van der Waals surface area contributed by atoms with Gasteiger partial charge in [0.1, 0.15) is 11.4 Å². The van der Waals surface area contributed by atoms with Crippen molar-refractivity contribution in [1.82, 2.24) is 0 Å². The summed E-state index contributed by atoms with van der Waals surface area (Å²) < 4.78 is 25.6. The maximum atomic E-state index is 14.5. The molecule has 0 spiro atoms. The van der Waals surface area contributed by atoms with Crippen LogP contribution in [0.5, 0.6) is 5.75 Å². The fraction of sp³-hybridized carbons (Fsp3) is 0.435. The van der Waals surface area contributed by atoms with E-state index in [0.717, 1.165) is 24.5 Å². The van der Waals surface area contributed by atoms with Crippen LogP contribution in [0.15, 0.2) is 30.3 Å². The number of nitro groups is 1. The van der Waals surface area contributed by atoms with Crippen LogP contribution in [0.1, 0.15) is 62.0 Å². The van der Waals surface area contributed by atoms with Crippen LogP contribution in [-0.2, 0) is 16.6 Å². The van der Waals surface area contributed by atoms with Gasteiger partial charge in [-0.05, 0) is 69.4 Å². The number of nitro benzene ring substituents is 1. The molecule has 31 heavy (non-hydrogen) atoms. The minimum absolute atomic E-state index is 0.0418. The normalized spacial score (nSPS) is 18.3. The average Bonchev–Trinajstić information content (AvgIpc) is 2.68. The second-order valence-corrected chi connectivity index (χ2v) is 9.44. The molecule has 0 heterocycles. The third-order valence-electron chi connectivity index (χ3n) is 5.34. The van der Waals surface area contributed by atoms with Crippen LogP contribution in [-0.4, -0.2) is 23.1 Å². The van der Waals surface area contributed by atoms with E-state index in [1.807, 2.05) is 6.92 Å². The molecule has 1 atom stereocenters. The van der Waals surface area contributed by atoms with Crippen molar-refractivity contribution in [3.8, 4) is 5.75 Å². The number of hydrogen-bond donors (Lipinski definition) is 0. The van der Waals surface area contributed by atoms with Gasteiger partial charge in [-0.15, -0.1) is 0 Å². The lowest BCUT2D eigenvalue weighted by Crippen LogP contribution is -2.34. The number of carbonyl (C=O) groups is 1. The van der Waals surface area contributed by atoms with E-state index in [1.54, 1.807) is 26.8 Å². The van der Waals surface area contributed by atoms with Gasteiger partial charge in [0.05, 0.1) is 22.1 Å². The minimum atomic E-state index is -0.720. The van der Waals surface area contributed by atoms with Crippen LogP contribution in [0, 0.1) is 15.9 Å². The molecule has 0 bridgehead atoms. The van der Waals surface area contributed by atoms with Crippen molar-refractivity contribution in [3.63, 3.8) is 0 Å². The number of hydrogen-bond acceptors (Lipinski definition) is 5. The molecule has 0 saturated carbocycles. The zero-order valence-electron chi connectivity index (χ0n) is 18.0. The van der Waals surface area contributed by atoms with Gasteiger partial charge in [-0.3, -0.25) is 10.1 Å². The monoisotopic (exact) mass is 449 g/mol. The Morgan fingerprint density at radius 3 is 2.65 bits per heavy atom. The Morgan fingerprint density at radius 1 is 1.29 bits per heavy atom.